The second kappa shape index (κ2) is 6.15. The summed E-state index contributed by atoms with van der Waals surface area (Å²) in [5, 5.41) is 6.73. The molecule has 0 atom stereocenters. The third-order valence-electron chi connectivity index (χ3n) is 2.51. The number of hydrogen-bond donors (Lipinski definition) is 2. The number of benzene rings is 1. The van der Waals surface area contributed by atoms with Crippen LogP contribution in [-0.2, 0) is 6.54 Å². The van der Waals surface area contributed by atoms with Gasteiger partial charge in [-0.2, -0.15) is 0 Å². The Bertz CT molecular complexity index is 579. The van der Waals surface area contributed by atoms with Gasteiger partial charge in [0.2, 0.25) is 0 Å². The Balaban J connectivity index is 1.83. The summed E-state index contributed by atoms with van der Waals surface area (Å²) in [5.41, 5.74) is 2.13. The van der Waals surface area contributed by atoms with Gasteiger partial charge in [-0.1, -0.05) is 35.9 Å². The summed E-state index contributed by atoms with van der Waals surface area (Å²) in [7, 11) is 0. The highest BCUT2D eigenvalue weighted by Crippen LogP contribution is 2.07. The predicted octanol–water partition coefficient (Wildman–Crippen LogP) is 2.70. The van der Waals surface area contributed by atoms with Gasteiger partial charge in [0, 0.05) is 6.54 Å². The van der Waals surface area contributed by atoms with E-state index in [0.29, 0.717) is 11.4 Å². The van der Waals surface area contributed by atoms with Crippen molar-refractivity contribution in [3.8, 4) is 0 Å². The average Bonchev–Trinajstić information content (AvgIpc) is 2.90. The first kappa shape index (κ1) is 13.3. The Morgan fingerprint density at radius 3 is 2.74 bits per heavy atom. The number of aryl methyl sites for hydroxylation is 1. The minimum atomic E-state index is -0.486. The van der Waals surface area contributed by atoms with E-state index in [1.807, 2.05) is 31.2 Å². The summed E-state index contributed by atoms with van der Waals surface area (Å²) in [6.45, 7) is 2.38. The molecule has 2 N–H and O–H groups in total. The van der Waals surface area contributed by atoms with E-state index in [1.165, 1.54) is 11.3 Å². The molecule has 1 heterocycles. The number of urea groups is 1. The Hall–Kier alpha value is -2.14. The van der Waals surface area contributed by atoms with Crippen molar-refractivity contribution in [1.82, 2.24) is 10.6 Å². The van der Waals surface area contributed by atoms with Gasteiger partial charge < -0.3 is 5.32 Å². The lowest BCUT2D eigenvalue weighted by atomic mass is 10.1. The standard InChI is InChI=1S/C14H14N2O2S/c1-10-4-2-5-11(8-10)9-15-14(18)16-13(17)12-6-3-7-19-12/h2-8H,9H2,1H3,(H2,15,16,17,18). The molecule has 5 heteroatoms. The van der Waals surface area contributed by atoms with Crippen molar-refractivity contribution in [3.05, 3.63) is 57.8 Å². The molecule has 1 aromatic heterocycles. The molecule has 0 aliphatic heterocycles. The minimum absolute atomic E-state index is 0.378. The molecule has 19 heavy (non-hydrogen) atoms. The third kappa shape index (κ3) is 3.93. The maximum absolute atomic E-state index is 11.6. The highest BCUT2D eigenvalue weighted by atomic mass is 32.1. The lowest BCUT2D eigenvalue weighted by molar-refractivity contribution is 0.0968. The summed E-state index contributed by atoms with van der Waals surface area (Å²) in [6, 6.07) is 10.8. The van der Waals surface area contributed by atoms with E-state index < -0.39 is 6.03 Å². The van der Waals surface area contributed by atoms with Crippen molar-refractivity contribution in [1.29, 1.82) is 0 Å². The van der Waals surface area contributed by atoms with Gasteiger partial charge in [-0.15, -0.1) is 11.3 Å². The number of nitrogens with one attached hydrogen (secondary N) is 2. The van der Waals surface area contributed by atoms with Crippen LogP contribution in [0.25, 0.3) is 0 Å². The van der Waals surface area contributed by atoms with Crippen LogP contribution in [0.1, 0.15) is 20.8 Å². The van der Waals surface area contributed by atoms with Crippen LogP contribution in [-0.4, -0.2) is 11.9 Å². The fraction of sp³-hybridized carbons (Fsp3) is 0.143. The van der Waals surface area contributed by atoms with Gasteiger partial charge in [-0.25, -0.2) is 4.79 Å². The number of thiophene rings is 1. The van der Waals surface area contributed by atoms with Crippen LogP contribution in [0.5, 0.6) is 0 Å². The first-order valence-electron chi connectivity index (χ1n) is 5.83. The van der Waals surface area contributed by atoms with Crippen molar-refractivity contribution in [2.45, 2.75) is 13.5 Å². The molecule has 2 rings (SSSR count). The number of hydrogen-bond acceptors (Lipinski definition) is 3. The van der Waals surface area contributed by atoms with Crippen LogP contribution in [0.2, 0.25) is 0 Å². The highest BCUT2D eigenvalue weighted by Gasteiger charge is 2.10. The van der Waals surface area contributed by atoms with E-state index in [9.17, 15) is 9.59 Å². The molecule has 0 spiro atoms. The topological polar surface area (TPSA) is 58.2 Å². The van der Waals surface area contributed by atoms with Crippen molar-refractivity contribution in [2.24, 2.45) is 0 Å². The van der Waals surface area contributed by atoms with Crippen LogP contribution in [0, 0.1) is 6.92 Å². The highest BCUT2D eigenvalue weighted by molar-refractivity contribution is 7.12. The van der Waals surface area contributed by atoms with Crippen LogP contribution in [0.3, 0.4) is 0 Å². The maximum Gasteiger partial charge on any atom is 0.322 e. The smallest absolute Gasteiger partial charge is 0.322 e. The molecular formula is C14H14N2O2S. The maximum atomic E-state index is 11.6. The van der Waals surface area contributed by atoms with Crippen LogP contribution in [0.4, 0.5) is 4.79 Å². The molecule has 0 aliphatic rings. The Morgan fingerprint density at radius 2 is 2.05 bits per heavy atom. The molecule has 0 unspecified atom stereocenters. The molecule has 1 aromatic carbocycles. The van der Waals surface area contributed by atoms with E-state index >= 15 is 0 Å². The zero-order valence-corrected chi connectivity index (χ0v) is 11.3. The van der Waals surface area contributed by atoms with Crippen LogP contribution in [0.15, 0.2) is 41.8 Å². The minimum Gasteiger partial charge on any atom is -0.334 e. The third-order valence-corrected chi connectivity index (χ3v) is 3.38. The number of carbonyl (C=O) groups excluding carboxylic acids is 2. The largest absolute Gasteiger partial charge is 0.334 e. The monoisotopic (exact) mass is 274 g/mol. The van der Waals surface area contributed by atoms with Crippen molar-refractivity contribution >= 4 is 23.3 Å². The number of imide groups is 1. The molecular weight excluding hydrogens is 260 g/mol. The second-order valence-corrected chi connectivity index (χ2v) is 5.05. The van der Waals surface area contributed by atoms with Gasteiger partial charge in [-0.3, -0.25) is 10.1 Å². The van der Waals surface area contributed by atoms with Crippen LogP contribution < -0.4 is 10.6 Å². The molecule has 0 fully saturated rings. The number of carbonyl (C=O) groups is 2. The molecule has 0 saturated carbocycles. The normalized spacial score (nSPS) is 9.95. The van der Waals surface area contributed by atoms with E-state index in [4.69, 9.17) is 0 Å². The summed E-state index contributed by atoms with van der Waals surface area (Å²) < 4.78 is 0. The molecule has 4 nitrogen and oxygen atoms in total. The molecule has 2 aromatic rings. The summed E-state index contributed by atoms with van der Waals surface area (Å²) in [6.07, 6.45) is 0. The fourth-order valence-electron chi connectivity index (χ4n) is 1.62. The van der Waals surface area contributed by atoms with E-state index in [1.54, 1.807) is 17.5 Å². The lowest BCUT2D eigenvalue weighted by Crippen LogP contribution is -2.38. The Morgan fingerprint density at radius 1 is 1.21 bits per heavy atom. The quantitative estimate of drug-likeness (QED) is 0.904. The van der Waals surface area contributed by atoms with Crippen molar-refractivity contribution < 1.29 is 9.59 Å². The van der Waals surface area contributed by atoms with Gasteiger partial charge in [0.25, 0.3) is 5.91 Å². The summed E-state index contributed by atoms with van der Waals surface area (Å²) in [5.74, 6) is -0.378. The van der Waals surface area contributed by atoms with E-state index in [2.05, 4.69) is 10.6 Å². The second-order valence-electron chi connectivity index (χ2n) is 4.10. The summed E-state index contributed by atoms with van der Waals surface area (Å²) >= 11 is 1.30. The van der Waals surface area contributed by atoms with Gasteiger partial charge in [-0.05, 0) is 23.9 Å². The summed E-state index contributed by atoms with van der Waals surface area (Å²) in [4.78, 5) is 23.7. The van der Waals surface area contributed by atoms with E-state index in [0.717, 1.165) is 11.1 Å². The van der Waals surface area contributed by atoms with Gasteiger partial charge in [0.1, 0.15) is 0 Å². The molecule has 3 amide bonds. The van der Waals surface area contributed by atoms with Crippen molar-refractivity contribution in [2.75, 3.05) is 0 Å². The van der Waals surface area contributed by atoms with Crippen molar-refractivity contribution in [3.63, 3.8) is 0 Å². The van der Waals surface area contributed by atoms with E-state index in [-0.39, 0.29) is 5.91 Å². The first-order chi connectivity index (χ1) is 9.15. The predicted molar refractivity (Wildman–Crippen MR) is 75.2 cm³/mol. The molecule has 0 radical (unpaired) electrons. The number of amides is 3. The van der Waals surface area contributed by atoms with Crippen LogP contribution >= 0.6 is 11.3 Å². The molecule has 0 saturated heterocycles. The Labute approximate surface area is 115 Å². The average molecular weight is 274 g/mol. The SMILES string of the molecule is Cc1cccc(CNC(=O)NC(=O)c2cccs2)c1. The zero-order chi connectivity index (χ0) is 13.7. The molecule has 0 aliphatic carbocycles. The first-order valence-corrected chi connectivity index (χ1v) is 6.71. The zero-order valence-electron chi connectivity index (χ0n) is 10.5. The molecule has 0 bridgehead atoms. The van der Waals surface area contributed by atoms with Gasteiger partial charge in [0.15, 0.2) is 0 Å². The lowest BCUT2D eigenvalue weighted by Gasteiger charge is -2.06. The van der Waals surface area contributed by atoms with Gasteiger partial charge >= 0.3 is 6.03 Å². The van der Waals surface area contributed by atoms with Gasteiger partial charge in [0.05, 0.1) is 4.88 Å². The fourth-order valence-corrected chi connectivity index (χ4v) is 2.24. The Kier molecular flexibility index (Phi) is 4.30. The molecule has 98 valence electrons. The number of rotatable bonds is 3.